The summed E-state index contributed by atoms with van der Waals surface area (Å²) in [6.07, 6.45) is -3.44. The van der Waals surface area contributed by atoms with Crippen molar-refractivity contribution in [3.8, 4) is 0 Å². The Kier molecular flexibility index (Phi) is 7.21. The van der Waals surface area contributed by atoms with E-state index in [1.807, 2.05) is 0 Å². The van der Waals surface area contributed by atoms with E-state index in [2.05, 4.69) is 0 Å². The van der Waals surface area contributed by atoms with E-state index >= 15 is 0 Å². The van der Waals surface area contributed by atoms with E-state index in [1.54, 1.807) is 41.5 Å². The van der Waals surface area contributed by atoms with Crippen LogP contribution >= 0.6 is 0 Å². The molecule has 0 heterocycles. The standard InChI is InChI=1S/C15H25NO8/c1-14(2,3)23-12(21)16(13(22)24-15(4,5)6)9(11(19)20)7-8-10(17)18/h9H,7-8H2,1-6H3,(H,17,18)(H,19,20)/t9-/m0/s1. The Morgan fingerprint density at radius 3 is 1.50 bits per heavy atom. The summed E-state index contributed by atoms with van der Waals surface area (Å²) in [7, 11) is 0. The summed E-state index contributed by atoms with van der Waals surface area (Å²) in [4.78, 5) is 47.0. The molecule has 0 spiro atoms. The minimum atomic E-state index is -1.72. The highest BCUT2D eigenvalue weighted by atomic mass is 16.6. The van der Waals surface area contributed by atoms with Crippen molar-refractivity contribution < 1.29 is 38.9 Å². The SMILES string of the molecule is CC(C)(C)OC(=O)N(C(=O)OC(C)(C)C)[C@@H](CCC(=O)O)C(=O)O. The molecule has 0 aliphatic rings. The van der Waals surface area contributed by atoms with Crippen LogP contribution in [0.2, 0.25) is 0 Å². The van der Waals surface area contributed by atoms with Gasteiger partial charge in [-0.2, -0.15) is 4.90 Å². The van der Waals surface area contributed by atoms with Gasteiger partial charge in [0.1, 0.15) is 17.2 Å². The molecule has 0 aromatic rings. The summed E-state index contributed by atoms with van der Waals surface area (Å²) in [5, 5.41) is 18.0. The smallest absolute Gasteiger partial charge is 0.420 e. The number of carbonyl (C=O) groups is 4. The van der Waals surface area contributed by atoms with Crippen LogP contribution in [0.3, 0.4) is 0 Å². The van der Waals surface area contributed by atoms with Crippen LogP contribution in [0.15, 0.2) is 0 Å². The highest BCUT2D eigenvalue weighted by Crippen LogP contribution is 2.19. The van der Waals surface area contributed by atoms with Gasteiger partial charge in [-0.05, 0) is 48.0 Å². The molecule has 0 rings (SSSR count). The topological polar surface area (TPSA) is 130 Å². The van der Waals surface area contributed by atoms with Crippen molar-refractivity contribution in [3.05, 3.63) is 0 Å². The summed E-state index contributed by atoms with van der Waals surface area (Å²) in [6.45, 7) is 9.28. The van der Waals surface area contributed by atoms with Crippen LogP contribution in [0.1, 0.15) is 54.4 Å². The normalized spacial score (nSPS) is 12.9. The molecular weight excluding hydrogens is 322 g/mol. The molecule has 0 bridgehead atoms. The molecule has 0 fully saturated rings. The van der Waals surface area contributed by atoms with Crippen molar-refractivity contribution in [2.45, 2.75) is 71.6 Å². The maximum atomic E-state index is 12.3. The summed E-state index contributed by atoms with van der Waals surface area (Å²) >= 11 is 0. The van der Waals surface area contributed by atoms with Gasteiger partial charge in [-0.1, -0.05) is 0 Å². The van der Waals surface area contributed by atoms with Crippen LogP contribution < -0.4 is 0 Å². The van der Waals surface area contributed by atoms with Gasteiger partial charge >= 0.3 is 24.1 Å². The zero-order valence-corrected chi connectivity index (χ0v) is 14.8. The average Bonchev–Trinajstić information content (AvgIpc) is 2.28. The van der Waals surface area contributed by atoms with Crippen LogP contribution in [0.4, 0.5) is 9.59 Å². The Balaban J connectivity index is 5.62. The molecule has 9 heteroatoms. The maximum Gasteiger partial charge on any atom is 0.420 e. The van der Waals surface area contributed by atoms with Crippen molar-refractivity contribution >= 4 is 24.1 Å². The predicted octanol–water partition coefficient (Wildman–Crippen LogP) is 2.48. The largest absolute Gasteiger partial charge is 0.481 e. The minimum Gasteiger partial charge on any atom is -0.481 e. The van der Waals surface area contributed by atoms with E-state index in [0.29, 0.717) is 4.90 Å². The first-order chi connectivity index (χ1) is 10.6. The van der Waals surface area contributed by atoms with Crippen LogP contribution in [0.5, 0.6) is 0 Å². The third kappa shape index (κ3) is 8.35. The lowest BCUT2D eigenvalue weighted by Gasteiger charge is -2.31. The maximum absolute atomic E-state index is 12.3. The number of carboxylic acid groups (broad SMARTS) is 2. The number of aliphatic carboxylic acids is 2. The number of amides is 2. The Hall–Kier alpha value is -2.32. The van der Waals surface area contributed by atoms with Gasteiger partial charge in [0.05, 0.1) is 0 Å². The van der Waals surface area contributed by atoms with E-state index < -0.39 is 54.2 Å². The molecule has 0 saturated carbocycles. The van der Waals surface area contributed by atoms with Gasteiger partial charge in [-0.25, -0.2) is 14.4 Å². The molecule has 9 nitrogen and oxygen atoms in total. The molecule has 0 aromatic heterocycles. The third-order valence-electron chi connectivity index (χ3n) is 2.41. The zero-order chi connectivity index (χ0) is 19.3. The zero-order valence-electron chi connectivity index (χ0n) is 14.8. The van der Waals surface area contributed by atoms with Crippen molar-refractivity contribution in [1.82, 2.24) is 4.90 Å². The molecule has 0 aliphatic carbocycles. The van der Waals surface area contributed by atoms with Gasteiger partial charge < -0.3 is 19.7 Å². The molecule has 1 atom stereocenters. The monoisotopic (exact) mass is 347 g/mol. The van der Waals surface area contributed by atoms with E-state index in [1.165, 1.54) is 0 Å². The molecular formula is C15H25NO8. The van der Waals surface area contributed by atoms with Gasteiger partial charge in [0.2, 0.25) is 0 Å². The lowest BCUT2D eigenvalue weighted by Crippen LogP contribution is -2.52. The summed E-state index contributed by atoms with van der Waals surface area (Å²) in [6, 6.07) is -1.72. The second-order valence-electron chi connectivity index (χ2n) is 7.12. The first-order valence-corrected chi connectivity index (χ1v) is 7.34. The molecule has 0 unspecified atom stereocenters. The van der Waals surface area contributed by atoms with Crippen LogP contribution in [0.25, 0.3) is 0 Å². The Morgan fingerprint density at radius 2 is 1.25 bits per heavy atom. The van der Waals surface area contributed by atoms with E-state index in [9.17, 15) is 24.3 Å². The fourth-order valence-electron chi connectivity index (χ4n) is 1.57. The number of rotatable bonds is 5. The lowest BCUT2D eigenvalue weighted by atomic mass is 10.1. The Morgan fingerprint density at radius 1 is 0.875 bits per heavy atom. The number of carboxylic acids is 2. The predicted molar refractivity (Wildman–Crippen MR) is 82.6 cm³/mol. The molecule has 0 radical (unpaired) electrons. The fraction of sp³-hybridized carbons (Fsp3) is 0.733. The van der Waals surface area contributed by atoms with Crippen molar-refractivity contribution in [1.29, 1.82) is 0 Å². The second-order valence-corrected chi connectivity index (χ2v) is 7.12. The molecule has 0 saturated heterocycles. The Bertz CT molecular complexity index is 473. The molecule has 24 heavy (non-hydrogen) atoms. The van der Waals surface area contributed by atoms with Crippen LogP contribution in [-0.2, 0) is 19.1 Å². The van der Waals surface area contributed by atoms with E-state index in [4.69, 9.17) is 14.6 Å². The van der Waals surface area contributed by atoms with E-state index in [0.717, 1.165) is 0 Å². The molecule has 0 aliphatic heterocycles. The first-order valence-electron chi connectivity index (χ1n) is 7.34. The number of imide groups is 1. The van der Waals surface area contributed by atoms with Gasteiger partial charge in [0, 0.05) is 6.42 Å². The first kappa shape index (κ1) is 21.7. The second kappa shape index (κ2) is 7.98. The number of carbonyl (C=O) groups excluding carboxylic acids is 2. The highest BCUT2D eigenvalue weighted by Gasteiger charge is 2.40. The van der Waals surface area contributed by atoms with Gasteiger partial charge in [-0.3, -0.25) is 4.79 Å². The highest BCUT2D eigenvalue weighted by molar-refractivity contribution is 5.93. The number of nitrogens with zero attached hydrogens (tertiary/aromatic N) is 1. The molecule has 0 aromatic carbocycles. The number of hydrogen-bond acceptors (Lipinski definition) is 6. The van der Waals surface area contributed by atoms with Crippen LogP contribution in [0, 0.1) is 0 Å². The Labute approximate surface area is 140 Å². The fourth-order valence-corrected chi connectivity index (χ4v) is 1.57. The quantitative estimate of drug-likeness (QED) is 0.775. The molecule has 2 N–H and O–H groups in total. The van der Waals surface area contributed by atoms with Crippen molar-refractivity contribution in [3.63, 3.8) is 0 Å². The average molecular weight is 347 g/mol. The van der Waals surface area contributed by atoms with Gasteiger partial charge in [-0.15, -0.1) is 0 Å². The van der Waals surface area contributed by atoms with E-state index in [-0.39, 0.29) is 0 Å². The number of hydrogen-bond donors (Lipinski definition) is 2. The lowest BCUT2D eigenvalue weighted by molar-refractivity contribution is -0.144. The van der Waals surface area contributed by atoms with Crippen molar-refractivity contribution in [2.75, 3.05) is 0 Å². The van der Waals surface area contributed by atoms with Crippen LogP contribution in [-0.4, -0.2) is 56.5 Å². The molecule has 2 amide bonds. The van der Waals surface area contributed by atoms with Crippen molar-refractivity contribution in [2.24, 2.45) is 0 Å². The minimum absolute atomic E-state index is 0.307. The summed E-state index contributed by atoms with van der Waals surface area (Å²) in [5.74, 6) is -2.79. The summed E-state index contributed by atoms with van der Waals surface area (Å²) in [5.41, 5.74) is -1.96. The number of ether oxygens (including phenoxy) is 2. The molecule has 138 valence electrons. The third-order valence-corrected chi connectivity index (χ3v) is 2.41. The van der Waals surface area contributed by atoms with Gasteiger partial charge in [0.15, 0.2) is 0 Å². The summed E-state index contributed by atoms with van der Waals surface area (Å²) < 4.78 is 10.1. The van der Waals surface area contributed by atoms with Gasteiger partial charge in [0.25, 0.3) is 0 Å².